The van der Waals surface area contributed by atoms with Gasteiger partial charge in [0.25, 0.3) is 0 Å². The van der Waals surface area contributed by atoms with Crippen LogP contribution >= 0.6 is 0 Å². The summed E-state index contributed by atoms with van der Waals surface area (Å²) in [7, 11) is 0. The molecule has 150 valence electrons. The van der Waals surface area contributed by atoms with Gasteiger partial charge in [-0.05, 0) is 40.5 Å². The number of hydrogen-bond acceptors (Lipinski definition) is 9. The minimum absolute atomic E-state index is 0.142. The van der Waals surface area contributed by atoms with Crippen LogP contribution in [0.1, 0.15) is 34.6 Å². The molecule has 0 aromatic carbocycles. The number of esters is 3. The summed E-state index contributed by atoms with van der Waals surface area (Å²) >= 11 is 0. The molecule has 1 unspecified atom stereocenters. The third-order valence-electron chi connectivity index (χ3n) is 1.87. The molecule has 0 saturated carbocycles. The number of ketones is 1. The third kappa shape index (κ3) is 20.8. The van der Waals surface area contributed by atoms with Gasteiger partial charge >= 0.3 is 23.7 Å². The first-order valence-corrected chi connectivity index (χ1v) is 7.78. The summed E-state index contributed by atoms with van der Waals surface area (Å²) in [5.41, 5.74) is 0. The Hall–Kier alpha value is -3.17. The molecule has 0 radical (unpaired) electrons. The Morgan fingerprint density at radius 2 is 1.44 bits per heavy atom. The molecular formula is C18H24O9. The maximum absolute atomic E-state index is 10.6. The van der Waals surface area contributed by atoms with Gasteiger partial charge in [-0.3, -0.25) is 9.59 Å². The van der Waals surface area contributed by atoms with Crippen molar-refractivity contribution >= 4 is 30.0 Å². The number of ether oxygens (including phenoxy) is 3. The van der Waals surface area contributed by atoms with Crippen LogP contribution in [0.25, 0.3) is 0 Å². The number of rotatable bonds is 6. The van der Waals surface area contributed by atoms with Gasteiger partial charge in [-0.1, -0.05) is 11.8 Å². The predicted molar refractivity (Wildman–Crippen MR) is 93.9 cm³/mol. The van der Waals surface area contributed by atoms with E-state index >= 15 is 0 Å². The maximum Gasteiger partial charge on any atom is 0.388 e. The van der Waals surface area contributed by atoms with E-state index in [0.29, 0.717) is 0 Å². The zero-order valence-electron chi connectivity index (χ0n) is 16.0. The molecule has 0 fully saturated rings. The third-order valence-corrected chi connectivity index (χ3v) is 1.87. The standard InChI is InChI=1S/C7H10O3.C7H8O3.C4H6O3/c2*1-3-5-6(8)7(9)10-4-2;1-2-7-4(6)3-5/h6,8H,4H2,1-2H3;4H2,1-2H3;3H,2H2,1H3. The summed E-state index contributed by atoms with van der Waals surface area (Å²) in [5, 5.41) is 8.80. The largest absolute Gasteiger partial charge is 0.463 e. The molecule has 0 aliphatic carbocycles. The number of aliphatic hydroxyl groups excluding tert-OH is 1. The van der Waals surface area contributed by atoms with Gasteiger partial charge in [0.05, 0.1) is 19.8 Å². The van der Waals surface area contributed by atoms with E-state index in [0.717, 1.165) is 0 Å². The zero-order valence-corrected chi connectivity index (χ0v) is 16.0. The summed E-state index contributed by atoms with van der Waals surface area (Å²) in [6.07, 6.45) is -1.14. The van der Waals surface area contributed by atoms with Crippen molar-refractivity contribution in [3.05, 3.63) is 0 Å². The molecule has 0 rings (SSSR count). The molecule has 0 aliphatic heterocycles. The van der Waals surface area contributed by atoms with E-state index in [-0.39, 0.29) is 26.1 Å². The van der Waals surface area contributed by atoms with E-state index in [2.05, 4.69) is 37.9 Å². The first kappa shape index (κ1) is 28.6. The van der Waals surface area contributed by atoms with E-state index < -0.39 is 29.8 Å². The zero-order chi connectivity index (χ0) is 21.7. The maximum atomic E-state index is 10.6. The minimum Gasteiger partial charge on any atom is -0.463 e. The van der Waals surface area contributed by atoms with Crippen LogP contribution in [-0.2, 0) is 38.2 Å². The summed E-state index contributed by atoms with van der Waals surface area (Å²) < 4.78 is 13.0. The van der Waals surface area contributed by atoms with Crippen molar-refractivity contribution in [1.29, 1.82) is 0 Å². The van der Waals surface area contributed by atoms with Crippen LogP contribution in [0.5, 0.6) is 0 Å². The van der Waals surface area contributed by atoms with Gasteiger partial charge in [-0.25, -0.2) is 14.4 Å². The van der Waals surface area contributed by atoms with Gasteiger partial charge in [-0.2, -0.15) is 0 Å². The first-order valence-electron chi connectivity index (χ1n) is 7.78. The summed E-state index contributed by atoms with van der Waals surface area (Å²) in [6, 6.07) is 0. The lowest BCUT2D eigenvalue weighted by molar-refractivity contribution is -0.151. The van der Waals surface area contributed by atoms with Gasteiger partial charge in [0.2, 0.25) is 12.4 Å². The number of carbonyl (C=O) groups is 5. The highest BCUT2D eigenvalue weighted by atomic mass is 16.5. The van der Waals surface area contributed by atoms with Gasteiger partial charge in [0.1, 0.15) is 0 Å². The average Bonchev–Trinajstić information content (AvgIpc) is 2.63. The fraction of sp³-hybridized carbons (Fsp3) is 0.500. The highest BCUT2D eigenvalue weighted by Gasteiger charge is 2.11. The Balaban J connectivity index is -0.000000326. The number of Topliss-reactive ketones (excluding diaryl/α,β-unsaturated/α-hetero) is 1. The monoisotopic (exact) mass is 384 g/mol. The van der Waals surface area contributed by atoms with Crippen molar-refractivity contribution in [1.82, 2.24) is 0 Å². The minimum atomic E-state index is -1.29. The fourth-order valence-corrected chi connectivity index (χ4v) is 0.954. The molecule has 0 aliphatic rings. The molecule has 0 amide bonds. The fourth-order valence-electron chi connectivity index (χ4n) is 0.954. The van der Waals surface area contributed by atoms with Crippen molar-refractivity contribution in [2.24, 2.45) is 0 Å². The van der Waals surface area contributed by atoms with Crippen molar-refractivity contribution in [2.75, 3.05) is 19.8 Å². The molecule has 0 aromatic heterocycles. The lowest BCUT2D eigenvalue weighted by atomic mass is 10.4. The normalized spacial score (nSPS) is 8.81. The molecule has 1 N–H and O–H groups in total. The van der Waals surface area contributed by atoms with E-state index in [1.54, 1.807) is 27.7 Å². The van der Waals surface area contributed by atoms with Crippen LogP contribution in [0, 0.1) is 23.7 Å². The predicted octanol–water partition coefficient (Wildman–Crippen LogP) is -0.176. The average molecular weight is 384 g/mol. The van der Waals surface area contributed by atoms with E-state index in [9.17, 15) is 24.0 Å². The van der Waals surface area contributed by atoms with Crippen molar-refractivity contribution in [2.45, 2.75) is 40.7 Å². The van der Waals surface area contributed by atoms with E-state index in [1.807, 2.05) is 0 Å². The van der Waals surface area contributed by atoms with Crippen molar-refractivity contribution in [3.8, 4) is 23.7 Å². The van der Waals surface area contributed by atoms with Crippen LogP contribution in [0.2, 0.25) is 0 Å². The molecule has 9 heteroatoms. The molecular weight excluding hydrogens is 360 g/mol. The van der Waals surface area contributed by atoms with Gasteiger partial charge in [-0.15, -0.1) is 5.92 Å². The lowest BCUT2D eigenvalue weighted by Gasteiger charge is -2.01. The quantitative estimate of drug-likeness (QED) is 0.165. The van der Waals surface area contributed by atoms with Gasteiger partial charge in [0.15, 0.2) is 0 Å². The SMILES string of the molecule is CC#CC(=O)C(=O)OCC.CC#CC(O)C(=O)OCC.CCOC(=O)C=O. The summed E-state index contributed by atoms with van der Waals surface area (Å²) in [6.45, 7) is 8.70. The summed E-state index contributed by atoms with van der Waals surface area (Å²) in [4.78, 5) is 50.7. The number of carbonyl (C=O) groups excluding carboxylic acids is 5. The van der Waals surface area contributed by atoms with Crippen molar-refractivity contribution < 1.29 is 43.3 Å². The molecule has 27 heavy (non-hydrogen) atoms. The molecule has 0 spiro atoms. The van der Waals surface area contributed by atoms with Crippen LogP contribution < -0.4 is 0 Å². The van der Waals surface area contributed by atoms with Crippen LogP contribution in [0.15, 0.2) is 0 Å². The Kier molecular flexibility index (Phi) is 22.1. The second kappa shape index (κ2) is 20.9. The lowest BCUT2D eigenvalue weighted by Crippen LogP contribution is -2.20. The van der Waals surface area contributed by atoms with Gasteiger partial charge < -0.3 is 19.3 Å². The summed E-state index contributed by atoms with van der Waals surface area (Å²) in [5.74, 6) is 5.89. The van der Waals surface area contributed by atoms with Crippen LogP contribution in [-0.4, -0.2) is 61.0 Å². The van der Waals surface area contributed by atoms with Gasteiger partial charge in [0, 0.05) is 0 Å². The molecule has 0 aromatic rings. The topological polar surface area (TPSA) is 133 Å². The van der Waals surface area contributed by atoms with Crippen molar-refractivity contribution in [3.63, 3.8) is 0 Å². The molecule has 9 nitrogen and oxygen atoms in total. The smallest absolute Gasteiger partial charge is 0.388 e. The second-order valence-electron chi connectivity index (χ2n) is 3.84. The molecule has 0 heterocycles. The second-order valence-corrected chi connectivity index (χ2v) is 3.84. The molecule has 0 bridgehead atoms. The number of hydrogen-bond donors (Lipinski definition) is 1. The number of aliphatic hydroxyl groups is 1. The number of aldehydes is 1. The van der Waals surface area contributed by atoms with Crippen LogP contribution in [0.3, 0.4) is 0 Å². The Bertz CT molecular complexity index is 600. The van der Waals surface area contributed by atoms with Crippen LogP contribution in [0.4, 0.5) is 0 Å². The first-order chi connectivity index (χ1) is 12.7. The molecule has 0 saturated heterocycles. The molecule has 1 atom stereocenters. The van der Waals surface area contributed by atoms with E-state index in [4.69, 9.17) is 5.11 Å². The van der Waals surface area contributed by atoms with E-state index in [1.165, 1.54) is 6.92 Å². The Morgan fingerprint density at radius 1 is 0.926 bits per heavy atom. The highest BCUT2D eigenvalue weighted by molar-refractivity contribution is 6.40. The Morgan fingerprint density at radius 3 is 1.78 bits per heavy atom. The Labute approximate surface area is 158 Å². The highest BCUT2D eigenvalue weighted by Crippen LogP contribution is 1.85.